The number of carbonyl (C=O) groups excluding carboxylic acids is 1. The van der Waals surface area contributed by atoms with E-state index in [4.69, 9.17) is 5.73 Å². The first-order valence-electron chi connectivity index (χ1n) is 6.67. The highest BCUT2D eigenvalue weighted by molar-refractivity contribution is 7.09. The van der Waals surface area contributed by atoms with Gasteiger partial charge in [-0.2, -0.15) is 0 Å². The highest BCUT2D eigenvalue weighted by Crippen LogP contribution is 2.24. The summed E-state index contributed by atoms with van der Waals surface area (Å²) in [5.41, 5.74) is 8.37. The van der Waals surface area contributed by atoms with Gasteiger partial charge in [-0.3, -0.25) is 4.79 Å². The predicted molar refractivity (Wildman–Crippen MR) is 83.2 cm³/mol. The van der Waals surface area contributed by atoms with Gasteiger partial charge in [0.15, 0.2) is 5.78 Å². The third-order valence-corrected chi connectivity index (χ3v) is 3.99. The topological polar surface area (TPSA) is 56.0 Å². The maximum atomic E-state index is 12.2. The van der Waals surface area contributed by atoms with Crippen molar-refractivity contribution < 1.29 is 4.79 Å². The first-order valence-corrected chi connectivity index (χ1v) is 7.55. The number of carbonyl (C=O) groups is 1. The molecule has 0 saturated carbocycles. The van der Waals surface area contributed by atoms with Gasteiger partial charge in [-0.1, -0.05) is 45.0 Å². The van der Waals surface area contributed by atoms with Crippen LogP contribution in [0.2, 0.25) is 0 Å². The van der Waals surface area contributed by atoms with Gasteiger partial charge >= 0.3 is 0 Å². The number of hydrogen-bond donors (Lipinski definition) is 1. The summed E-state index contributed by atoms with van der Waals surface area (Å²) in [6.07, 6.45) is 0.364. The van der Waals surface area contributed by atoms with Gasteiger partial charge in [0.1, 0.15) is 5.01 Å². The molecular formula is C16H20N2OS. The number of aromatic nitrogens is 1. The van der Waals surface area contributed by atoms with E-state index in [0.29, 0.717) is 13.0 Å². The number of nitrogens with two attached hydrogens (primary N) is 1. The van der Waals surface area contributed by atoms with Crippen molar-refractivity contribution in [2.45, 2.75) is 39.2 Å². The summed E-state index contributed by atoms with van der Waals surface area (Å²) in [5, 5.41) is 2.92. The Bertz CT molecular complexity index is 594. The van der Waals surface area contributed by atoms with Gasteiger partial charge in [-0.25, -0.2) is 4.98 Å². The summed E-state index contributed by atoms with van der Waals surface area (Å²) in [4.78, 5) is 16.8. The molecule has 0 bridgehead atoms. The Balaban J connectivity index is 2.09. The van der Waals surface area contributed by atoms with Crippen LogP contribution < -0.4 is 5.73 Å². The third-order valence-electron chi connectivity index (χ3n) is 3.14. The van der Waals surface area contributed by atoms with Crippen LogP contribution in [0.4, 0.5) is 0 Å². The number of hydrogen-bond acceptors (Lipinski definition) is 4. The van der Waals surface area contributed by atoms with E-state index in [0.717, 1.165) is 21.8 Å². The second-order valence-electron chi connectivity index (χ2n) is 5.88. The maximum absolute atomic E-state index is 12.2. The van der Waals surface area contributed by atoms with Crippen LogP contribution in [0, 0.1) is 0 Å². The third kappa shape index (κ3) is 3.52. The minimum absolute atomic E-state index is 0.0283. The van der Waals surface area contributed by atoms with Crippen molar-refractivity contribution >= 4 is 17.1 Å². The minimum atomic E-state index is 0.0283. The molecule has 4 heteroatoms. The Morgan fingerprint density at radius 1 is 1.25 bits per heavy atom. The molecule has 0 radical (unpaired) electrons. The summed E-state index contributed by atoms with van der Waals surface area (Å²) in [6, 6.07) is 7.47. The van der Waals surface area contributed by atoms with Crippen LogP contribution in [0.3, 0.4) is 0 Å². The fourth-order valence-electron chi connectivity index (χ4n) is 1.80. The molecule has 0 unspecified atom stereocenters. The molecule has 0 spiro atoms. The lowest BCUT2D eigenvalue weighted by atomic mass is 9.93. The van der Waals surface area contributed by atoms with E-state index in [-0.39, 0.29) is 11.2 Å². The summed E-state index contributed by atoms with van der Waals surface area (Å²) in [7, 11) is 0. The lowest BCUT2D eigenvalue weighted by molar-refractivity contribution is 0.0993. The first kappa shape index (κ1) is 14.9. The van der Waals surface area contributed by atoms with Gasteiger partial charge in [0, 0.05) is 22.9 Å². The van der Waals surface area contributed by atoms with Crippen LogP contribution in [0.1, 0.15) is 47.4 Å². The molecule has 1 heterocycles. The molecule has 3 nitrogen and oxygen atoms in total. The SMILES string of the molecule is CC(C)(C)c1csc(CC(=O)c2ccc(CN)cc2)n1. The summed E-state index contributed by atoms with van der Waals surface area (Å²) < 4.78 is 0. The molecule has 0 fully saturated rings. The van der Waals surface area contributed by atoms with Gasteiger partial charge in [-0.05, 0) is 5.56 Å². The second-order valence-corrected chi connectivity index (χ2v) is 6.82. The molecule has 0 saturated heterocycles. The monoisotopic (exact) mass is 288 g/mol. The number of Topliss-reactive ketones (excluding diaryl/α,β-unsaturated/α-hetero) is 1. The van der Waals surface area contributed by atoms with Gasteiger partial charge < -0.3 is 5.73 Å². The van der Waals surface area contributed by atoms with Crippen molar-refractivity contribution in [3.05, 3.63) is 51.5 Å². The Hall–Kier alpha value is -1.52. The van der Waals surface area contributed by atoms with E-state index in [2.05, 4.69) is 25.8 Å². The quantitative estimate of drug-likeness (QED) is 0.878. The van der Waals surface area contributed by atoms with Crippen LogP contribution in [-0.2, 0) is 18.4 Å². The van der Waals surface area contributed by atoms with Crippen molar-refractivity contribution in [2.24, 2.45) is 5.73 Å². The molecule has 1 aromatic heterocycles. The molecular weight excluding hydrogens is 268 g/mol. The van der Waals surface area contributed by atoms with Gasteiger partial charge in [0.25, 0.3) is 0 Å². The summed E-state index contributed by atoms with van der Waals surface area (Å²) in [5.74, 6) is 0.100. The minimum Gasteiger partial charge on any atom is -0.326 e. The van der Waals surface area contributed by atoms with Crippen molar-refractivity contribution in [2.75, 3.05) is 0 Å². The van der Waals surface area contributed by atoms with Crippen LogP contribution in [-0.4, -0.2) is 10.8 Å². The average Bonchev–Trinajstić information content (AvgIpc) is 2.87. The van der Waals surface area contributed by atoms with Gasteiger partial charge in [-0.15, -0.1) is 11.3 Å². The van der Waals surface area contributed by atoms with Crippen LogP contribution in [0.15, 0.2) is 29.6 Å². The van der Waals surface area contributed by atoms with E-state index in [9.17, 15) is 4.79 Å². The molecule has 20 heavy (non-hydrogen) atoms. The Morgan fingerprint density at radius 3 is 2.40 bits per heavy atom. The first-order chi connectivity index (χ1) is 9.40. The van der Waals surface area contributed by atoms with Crippen LogP contribution >= 0.6 is 11.3 Å². The average molecular weight is 288 g/mol. The zero-order valence-corrected chi connectivity index (χ0v) is 13.0. The Labute approximate surface area is 123 Å². The highest BCUT2D eigenvalue weighted by Gasteiger charge is 2.18. The molecule has 106 valence electrons. The number of thiazole rings is 1. The van der Waals surface area contributed by atoms with Crippen LogP contribution in [0.25, 0.3) is 0 Å². The fourth-order valence-corrected chi connectivity index (χ4v) is 2.82. The lowest BCUT2D eigenvalue weighted by Gasteiger charge is -2.14. The standard InChI is InChI=1S/C16H20N2OS/c1-16(2,3)14-10-20-15(18-14)8-13(19)12-6-4-11(9-17)5-7-12/h4-7,10H,8-9,17H2,1-3H3. The molecule has 1 aromatic carbocycles. The van der Waals surface area contributed by atoms with Crippen molar-refractivity contribution in [1.29, 1.82) is 0 Å². The Kier molecular flexibility index (Phi) is 4.35. The smallest absolute Gasteiger partial charge is 0.169 e. The van der Waals surface area contributed by atoms with E-state index in [1.54, 1.807) is 11.3 Å². The molecule has 0 aliphatic carbocycles. The van der Waals surface area contributed by atoms with E-state index in [1.807, 2.05) is 29.6 Å². The molecule has 0 aliphatic rings. The van der Waals surface area contributed by atoms with Crippen molar-refractivity contribution in [3.63, 3.8) is 0 Å². The number of rotatable bonds is 4. The Morgan fingerprint density at radius 2 is 1.90 bits per heavy atom. The molecule has 2 N–H and O–H groups in total. The molecule has 2 rings (SSSR count). The number of ketones is 1. The molecule has 2 aromatic rings. The highest BCUT2D eigenvalue weighted by atomic mass is 32.1. The van der Waals surface area contributed by atoms with Gasteiger partial charge in [0.2, 0.25) is 0 Å². The summed E-state index contributed by atoms with van der Waals surface area (Å²) in [6.45, 7) is 6.87. The lowest BCUT2D eigenvalue weighted by Crippen LogP contribution is -2.12. The normalized spacial score (nSPS) is 11.6. The fraction of sp³-hybridized carbons (Fsp3) is 0.375. The second kappa shape index (κ2) is 5.85. The van der Waals surface area contributed by atoms with E-state index >= 15 is 0 Å². The molecule has 0 aliphatic heterocycles. The van der Waals surface area contributed by atoms with Gasteiger partial charge in [0.05, 0.1) is 12.1 Å². The number of benzene rings is 1. The van der Waals surface area contributed by atoms with E-state index in [1.165, 1.54) is 0 Å². The largest absolute Gasteiger partial charge is 0.326 e. The van der Waals surface area contributed by atoms with Crippen LogP contribution in [0.5, 0.6) is 0 Å². The van der Waals surface area contributed by atoms with Crippen molar-refractivity contribution in [3.8, 4) is 0 Å². The van der Waals surface area contributed by atoms with Crippen molar-refractivity contribution in [1.82, 2.24) is 4.98 Å². The summed E-state index contributed by atoms with van der Waals surface area (Å²) >= 11 is 1.56. The predicted octanol–water partition coefficient (Wildman–Crippen LogP) is 3.32. The number of nitrogens with zero attached hydrogens (tertiary/aromatic N) is 1. The zero-order valence-electron chi connectivity index (χ0n) is 12.1. The van der Waals surface area contributed by atoms with E-state index < -0.39 is 0 Å². The molecule has 0 atom stereocenters. The molecule has 0 amide bonds. The maximum Gasteiger partial charge on any atom is 0.169 e. The zero-order chi connectivity index (χ0) is 14.8.